The molecule has 0 aliphatic carbocycles. The second-order valence-electron chi connectivity index (χ2n) is 5.04. The summed E-state index contributed by atoms with van der Waals surface area (Å²) >= 11 is 0. The highest BCUT2D eigenvalue weighted by molar-refractivity contribution is 5.87. The number of rotatable bonds is 3. The third kappa shape index (κ3) is 2.45. The molecule has 5 heteroatoms. The van der Waals surface area contributed by atoms with Crippen LogP contribution in [-0.4, -0.2) is 27.9 Å². The molecular formula is C14H16FNO3. The molecule has 1 saturated heterocycles. The number of halogens is 1. The molecule has 1 heterocycles. The fourth-order valence-electron chi connectivity index (χ4n) is 2.67. The molecule has 1 aliphatic rings. The number of carbonyl (C=O) groups excluding carboxylic acids is 1. The number of carboxylic acid groups (broad SMARTS) is 1. The van der Waals surface area contributed by atoms with E-state index in [2.05, 4.69) is 0 Å². The predicted molar refractivity (Wildman–Crippen MR) is 66.9 cm³/mol. The van der Waals surface area contributed by atoms with Crippen LogP contribution in [0.4, 0.5) is 4.39 Å². The van der Waals surface area contributed by atoms with Gasteiger partial charge in [0, 0.05) is 12.5 Å². The van der Waals surface area contributed by atoms with E-state index in [1.165, 1.54) is 23.1 Å². The molecule has 2 unspecified atom stereocenters. The van der Waals surface area contributed by atoms with Gasteiger partial charge in [0.15, 0.2) is 0 Å². The van der Waals surface area contributed by atoms with Crippen molar-refractivity contribution in [3.8, 4) is 0 Å². The highest BCUT2D eigenvalue weighted by atomic mass is 19.1. The van der Waals surface area contributed by atoms with Crippen LogP contribution in [0.2, 0.25) is 0 Å². The monoisotopic (exact) mass is 265 g/mol. The Kier molecular flexibility index (Phi) is 3.55. The average molecular weight is 265 g/mol. The van der Waals surface area contributed by atoms with E-state index in [9.17, 15) is 19.1 Å². The Morgan fingerprint density at radius 3 is 2.68 bits per heavy atom. The van der Waals surface area contributed by atoms with Crippen molar-refractivity contribution in [3.63, 3.8) is 0 Å². The standard InChI is InChI=1S/C14H16FNO3/c1-8(2)16-12(17)7-11(14(18)19)13(16)9-4-3-5-10(15)6-9/h3-6,8,11,13H,7H2,1-2H3,(H,18,19). The van der Waals surface area contributed by atoms with Gasteiger partial charge in [-0.2, -0.15) is 0 Å². The normalized spacial score (nSPS) is 23.2. The number of benzene rings is 1. The van der Waals surface area contributed by atoms with Crippen LogP contribution >= 0.6 is 0 Å². The zero-order chi connectivity index (χ0) is 14.2. The highest BCUT2D eigenvalue weighted by Crippen LogP contribution is 2.39. The molecule has 0 bridgehead atoms. The Labute approximate surface area is 110 Å². The van der Waals surface area contributed by atoms with Gasteiger partial charge in [-0.15, -0.1) is 0 Å². The smallest absolute Gasteiger partial charge is 0.309 e. The van der Waals surface area contributed by atoms with Crippen LogP contribution in [-0.2, 0) is 9.59 Å². The summed E-state index contributed by atoms with van der Waals surface area (Å²) in [4.78, 5) is 24.8. The van der Waals surface area contributed by atoms with Gasteiger partial charge in [-0.05, 0) is 31.5 Å². The first-order chi connectivity index (χ1) is 8.91. The molecule has 0 spiro atoms. The Hall–Kier alpha value is -1.91. The average Bonchev–Trinajstić information content (AvgIpc) is 2.67. The summed E-state index contributed by atoms with van der Waals surface area (Å²) in [6, 6.07) is 5.08. The van der Waals surface area contributed by atoms with Crippen molar-refractivity contribution in [3.05, 3.63) is 35.6 Å². The summed E-state index contributed by atoms with van der Waals surface area (Å²) in [5.74, 6) is -2.47. The number of nitrogens with zero attached hydrogens (tertiary/aromatic N) is 1. The molecule has 2 rings (SSSR count). The van der Waals surface area contributed by atoms with Crippen molar-refractivity contribution in [1.29, 1.82) is 0 Å². The van der Waals surface area contributed by atoms with Crippen molar-refractivity contribution in [2.45, 2.75) is 32.4 Å². The third-order valence-corrected chi connectivity index (χ3v) is 3.43. The van der Waals surface area contributed by atoms with E-state index in [0.717, 1.165) is 0 Å². The molecule has 1 fully saturated rings. The van der Waals surface area contributed by atoms with Crippen LogP contribution in [0.3, 0.4) is 0 Å². The quantitative estimate of drug-likeness (QED) is 0.911. The third-order valence-electron chi connectivity index (χ3n) is 3.43. The molecule has 0 radical (unpaired) electrons. The van der Waals surface area contributed by atoms with E-state index in [1.807, 2.05) is 13.8 Å². The van der Waals surface area contributed by atoms with E-state index in [4.69, 9.17) is 0 Å². The zero-order valence-electron chi connectivity index (χ0n) is 10.8. The lowest BCUT2D eigenvalue weighted by atomic mass is 9.93. The summed E-state index contributed by atoms with van der Waals surface area (Å²) in [7, 11) is 0. The molecule has 19 heavy (non-hydrogen) atoms. The molecule has 0 saturated carbocycles. The maximum absolute atomic E-state index is 13.3. The summed E-state index contributed by atoms with van der Waals surface area (Å²) in [6.45, 7) is 3.66. The van der Waals surface area contributed by atoms with Gasteiger partial charge in [-0.25, -0.2) is 4.39 Å². The van der Waals surface area contributed by atoms with Gasteiger partial charge < -0.3 is 10.0 Å². The lowest BCUT2D eigenvalue weighted by Crippen LogP contribution is -2.36. The van der Waals surface area contributed by atoms with Crippen LogP contribution in [0.15, 0.2) is 24.3 Å². The number of hydrogen-bond acceptors (Lipinski definition) is 2. The van der Waals surface area contributed by atoms with Crippen molar-refractivity contribution in [2.75, 3.05) is 0 Å². The molecule has 4 nitrogen and oxygen atoms in total. The number of amides is 1. The topological polar surface area (TPSA) is 57.6 Å². The summed E-state index contributed by atoms with van der Waals surface area (Å²) in [6.07, 6.45) is -0.0330. The van der Waals surface area contributed by atoms with Crippen molar-refractivity contribution in [1.82, 2.24) is 4.90 Å². The zero-order valence-corrected chi connectivity index (χ0v) is 10.8. The molecule has 1 aliphatic heterocycles. The molecule has 1 amide bonds. The molecule has 1 N–H and O–H groups in total. The Balaban J connectivity index is 2.46. The van der Waals surface area contributed by atoms with Crippen molar-refractivity contribution < 1.29 is 19.1 Å². The van der Waals surface area contributed by atoms with E-state index in [0.29, 0.717) is 5.56 Å². The molecule has 2 atom stereocenters. The van der Waals surface area contributed by atoms with Crippen molar-refractivity contribution >= 4 is 11.9 Å². The van der Waals surface area contributed by atoms with Gasteiger partial charge in [0.2, 0.25) is 5.91 Å². The van der Waals surface area contributed by atoms with E-state index >= 15 is 0 Å². The first kappa shape index (κ1) is 13.5. The minimum Gasteiger partial charge on any atom is -0.481 e. The van der Waals surface area contributed by atoms with Crippen LogP contribution in [0.25, 0.3) is 0 Å². The Morgan fingerprint density at radius 1 is 1.47 bits per heavy atom. The molecular weight excluding hydrogens is 249 g/mol. The van der Waals surface area contributed by atoms with Crippen molar-refractivity contribution in [2.24, 2.45) is 5.92 Å². The van der Waals surface area contributed by atoms with Gasteiger partial charge in [-0.1, -0.05) is 12.1 Å². The highest BCUT2D eigenvalue weighted by Gasteiger charge is 2.45. The van der Waals surface area contributed by atoms with Crippen LogP contribution < -0.4 is 0 Å². The largest absolute Gasteiger partial charge is 0.481 e. The molecule has 0 aromatic heterocycles. The van der Waals surface area contributed by atoms with Crippen LogP contribution in [0.5, 0.6) is 0 Å². The first-order valence-corrected chi connectivity index (χ1v) is 6.21. The SMILES string of the molecule is CC(C)N1C(=O)CC(C(=O)O)C1c1cccc(F)c1. The fourth-order valence-corrected chi connectivity index (χ4v) is 2.67. The van der Waals surface area contributed by atoms with E-state index in [-0.39, 0.29) is 18.4 Å². The number of likely N-dealkylation sites (tertiary alicyclic amines) is 1. The minimum absolute atomic E-state index is 0.0330. The second-order valence-corrected chi connectivity index (χ2v) is 5.04. The number of hydrogen-bond donors (Lipinski definition) is 1. The Bertz CT molecular complexity index is 515. The second kappa shape index (κ2) is 4.99. The van der Waals surface area contributed by atoms with Crippen LogP contribution in [0.1, 0.15) is 31.9 Å². The molecule has 1 aromatic carbocycles. The lowest BCUT2D eigenvalue weighted by Gasteiger charge is -2.30. The number of carbonyl (C=O) groups is 2. The van der Waals surface area contributed by atoms with E-state index in [1.54, 1.807) is 6.07 Å². The van der Waals surface area contributed by atoms with Gasteiger partial charge in [-0.3, -0.25) is 9.59 Å². The molecule has 1 aromatic rings. The van der Waals surface area contributed by atoms with Gasteiger partial charge in [0.05, 0.1) is 12.0 Å². The first-order valence-electron chi connectivity index (χ1n) is 6.21. The van der Waals surface area contributed by atoms with Gasteiger partial charge in [0.25, 0.3) is 0 Å². The van der Waals surface area contributed by atoms with Gasteiger partial charge in [0.1, 0.15) is 5.82 Å². The maximum atomic E-state index is 13.3. The van der Waals surface area contributed by atoms with Crippen LogP contribution in [0, 0.1) is 11.7 Å². The fraction of sp³-hybridized carbons (Fsp3) is 0.429. The summed E-state index contributed by atoms with van der Waals surface area (Å²) in [5, 5.41) is 9.26. The lowest BCUT2D eigenvalue weighted by molar-refractivity contribution is -0.142. The summed E-state index contributed by atoms with van der Waals surface area (Å²) in [5.41, 5.74) is 0.534. The minimum atomic E-state index is -1.02. The number of aliphatic carboxylic acids is 1. The van der Waals surface area contributed by atoms with Gasteiger partial charge >= 0.3 is 5.97 Å². The predicted octanol–water partition coefficient (Wildman–Crippen LogP) is 2.21. The van der Waals surface area contributed by atoms with E-state index < -0.39 is 23.7 Å². The number of carboxylic acids is 1. The Morgan fingerprint density at radius 2 is 2.16 bits per heavy atom. The molecule has 102 valence electrons. The maximum Gasteiger partial charge on any atom is 0.309 e. The summed E-state index contributed by atoms with van der Waals surface area (Å²) < 4.78 is 13.3.